The first kappa shape index (κ1) is 21.2. The molecule has 9 heteroatoms. The summed E-state index contributed by atoms with van der Waals surface area (Å²) in [5, 5.41) is 1.05. The molecule has 0 saturated heterocycles. The van der Waals surface area contributed by atoms with Gasteiger partial charge < -0.3 is 4.74 Å². The molecular weight excluding hydrogens is 419 g/mol. The Hall–Kier alpha value is -2.55. The minimum atomic E-state index is -4.18. The summed E-state index contributed by atoms with van der Waals surface area (Å²) in [6.07, 6.45) is 0. The van der Waals surface area contributed by atoms with Gasteiger partial charge in [0, 0.05) is 10.9 Å². The molecule has 1 N–H and O–H groups in total. The summed E-state index contributed by atoms with van der Waals surface area (Å²) in [7, 11) is -4.18. The Balaban J connectivity index is 1.66. The van der Waals surface area contributed by atoms with Gasteiger partial charge in [-0.15, -0.1) is 0 Å². The molecule has 0 amide bonds. The van der Waals surface area contributed by atoms with Gasteiger partial charge in [0.05, 0.1) is 5.52 Å². The van der Waals surface area contributed by atoms with Gasteiger partial charge in [-0.3, -0.25) is 4.79 Å². The zero-order valence-electron chi connectivity index (χ0n) is 15.7. The van der Waals surface area contributed by atoms with Crippen LogP contribution in [0.15, 0.2) is 47.4 Å². The zero-order chi connectivity index (χ0) is 21.2. The number of hydrogen-bond acceptors (Lipinski definition) is 5. The van der Waals surface area contributed by atoms with E-state index in [2.05, 4.69) is 4.98 Å². The predicted octanol–water partition coefficient (Wildman–Crippen LogP) is 3.67. The first-order chi connectivity index (χ1) is 13.7. The van der Waals surface area contributed by atoms with E-state index in [1.807, 2.05) is 30.7 Å². The number of aromatic nitrogens is 1. The minimum absolute atomic E-state index is 0.172. The van der Waals surface area contributed by atoms with Crippen LogP contribution in [0.1, 0.15) is 16.7 Å². The fourth-order valence-electron chi connectivity index (χ4n) is 2.71. The quantitative estimate of drug-likeness (QED) is 0.470. The molecule has 6 nitrogen and oxygen atoms in total. The van der Waals surface area contributed by atoms with Crippen molar-refractivity contribution in [3.8, 4) is 0 Å². The molecule has 0 aliphatic heterocycles. The number of aryl methyl sites for hydroxylation is 2. The maximum atomic E-state index is 13.6. The van der Waals surface area contributed by atoms with E-state index < -0.39 is 33.3 Å². The van der Waals surface area contributed by atoms with Gasteiger partial charge in [-0.25, -0.2) is 17.8 Å². The third-order valence-corrected chi connectivity index (χ3v) is 6.22. The Labute approximate surface area is 172 Å². The molecule has 0 radical (unpaired) electrons. The molecule has 0 atom stereocenters. The van der Waals surface area contributed by atoms with Crippen LogP contribution in [0.3, 0.4) is 0 Å². The second-order valence-electron chi connectivity index (χ2n) is 6.43. The molecule has 0 aliphatic rings. The lowest BCUT2D eigenvalue weighted by molar-refractivity contribution is -0.143. The molecule has 0 spiro atoms. The maximum absolute atomic E-state index is 13.6. The molecule has 0 saturated carbocycles. The number of nitrogens with one attached hydrogen (secondary N) is 1. The minimum Gasteiger partial charge on any atom is -0.460 e. The van der Waals surface area contributed by atoms with Crippen LogP contribution in [0.4, 0.5) is 4.39 Å². The van der Waals surface area contributed by atoms with Crippen LogP contribution in [0.2, 0.25) is 5.15 Å². The van der Waals surface area contributed by atoms with Crippen LogP contribution >= 0.6 is 11.6 Å². The number of hydrogen-bond donors (Lipinski definition) is 1. The van der Waals surface area contributed by atoms with Gasteiger partial charge in [-0.05, 0) is 43.2 Å². The molecule has 152 valence electrons. The maximum Gasteiger partial charge on any atom is 0.321 e. The number of carbonyl (C=O) groups excluding carboxylic acids is 1. The van der Waals surface area contributed by atoms with Crippen LogP contribution in [0.25, 0.3) is 10.9 Å². The molecular formula is C20H18ClFN2O4S. The van der Waals surface area contributed by atoms with E-state index in [-0.39, 0.29) is 11.8 Å². The first-order valence-corrected chi connectivity index (χ1v) is 10.5. The predicted molar refractivity (Wildman–Crippen MR) is 108 cm³/mol. The zero-order valence-corrected chi connectivity index (χ0v) is 17.3. The smallest absolute Gasteiger partial charge is 0.321 e. The highest BCUT2D eigenvalue weighted by atomic mass is 35.5. The second kappa shape index (κ2) is 8.44. The van der Waals surface area contributed by atoms with Crippen molar-refractivity contribution in [1.29, 1.82) is 0 Å². The summed E-state index contributed by atoms with van der Waals surface area (Å²) in [4.78, 5) is 15.8. The number of esters is 1. The molecule has 3 aromatic rings. The number of halogens is 2. The SMILES string of the molecule is Cc1ccc2cc(COC(=O)CNS(=O)(=O)c3ccccc3F)c(Cl)nc2c1C. The van der Waals surface area contributed by atoms with Crippen LogP contribution in [-0.4, -0.2) is 25.9 Å². The van der Waals surface area contributed by atoms with Gasteiger partial charge in [-0.1, -0.05) is 35.9 Å². The third kappa shape index (κ3) is 4.72. The summed E-state index contributed by atoms with van der Waals surface area (Å²) in [6.45, 7) is 3.10. The van der Waals surface area contributed by atoms with Gasteiger partial charge in [-0.2, -0.15) is 4.72 Å². The monoisotopic (exact) mass is 436 g/mol. The number of sulfonamides is 1. The number of nitrogens with zero attached hydrogens (tertiary/aromatic N) is 1. The molecule has 0 bridgehead atoms. The molecule has 0 aliphatic carbocycles. The fourth-order valence-corrected chi connectivity index (χ4v) is 3.95. The lowest BCUT2D eigenvalue weighted by atomic mass is 10.0. The number of benzene rings is 2. The van der Waals surface area contributed by atoms with E-state index in [1.54, 1.807) is 6.07 Å². The Morgan fingerprint density at radius 2 is 1.93 bits per heavy atom. The summed E-state index contributed by atoms with van der Waals surface area (Å²) < 4.78 is 45.0. The van der Waals surface area contributed by atoms with Gasteiger partial charge in [0.15, 0.2) is 0 Å². The highest BCUT2D eigenvalue weighted by molar-refractivity contribution is 7.89. The van der Waals surface area contributed by atoms with Crippen molar-refractivity contribution in [3.05, 3.63) is 70.1 Å². The summed E-state index contributed by atoms with van der Waals surface area (Å²) in [5.74, 6) is -1.74. The number of ether oxygens (including phenoxy) is 1. The van der Waals surface area contributed by atoms with Crippen molar-refractivity contribution in [2.75, 3.05) is 6.54 Å². The second-order valence-corrected chi connectivity index (χ2v) is 8.53. The van der Waals surface area contributed by atoms with Gasteiger partial charge in [0.2, 0.25) is 10.0 Å². The molecule has 0 unspecified atom stereocenters. The van der Waals surface area contributed by atoms with Crippen molar-refractivity contribution < 1.29 is 22.3 Å². The van der Waals surface area contributed by atoms with Crippen LogP contribution < -0.4 is 4.72 Å². The van der Waals surface area contributed by atoms with Crippen molar-refractivity contribution in [2.45, 2.75) is 25.3 Å². The van der Waals surface area contributed by atoms with E-state index >= 15 is 0 Å². The molecule has 1 aromatic heterocycles. The van der Waals surface area contributed by atoms with Crippen molar-refractivity contribution in [1.82, 2.24) is 9.71 Å². The highest BCUT2D eigenvalue weighted by Crippen LogP contribution is 2.25. The van der Waals surface area contributed by atoms with Crippen LogP contribution in [-0.2, 0) is 26.2 Å². The number of fused-ring (bicyclic) bond motifs is 1. The van der Waals surface area contributed by atoms with Gasteiger partial charge >= 0.3 is 5.97 Å². The van der Waals surface area contributed by atoms with Crippen molar-refractivity contribution in [2.24, 2.45) is 0 Å². The topological polar surface area (TPSA) is 85.4 Å². The fraction of sp³-hybridized carbons (Fsp3) is 0.200. The Morgan fingerprint density at radius 1 is 1.21 bits per heavy atom. The molecule has 2 aromatic carbocycles. The molecule has 29 heavy (non-hydrogen) atoms. The lowest BCUT2D eigenvalue weighted by Gasteiger charge is -2.11. The van der Waals surface area contributed by atoms with Crippen LogP contribution in [0, 0.1) is 19.7 Å². The Bertz CT molecular complexity index is 1200. The van der Waals surface area contributed by atoms with Gasteiger partial charge in [0.1, 0.15) is 29.0 Å². The van der Waals surface area contributed by atoms with Crippen molar-refractivity contribution >= 4 is 38.5 Å². The first-order valence-electron chi connectivity index (χ1n) is 8.64. The van der Waals surface area contributed by atoms with E-state index in [4.69, 9.17) is 16.3 Å². The largest absolute Gasteiger partial charge is 0.460 e. The summed E-state index contributed by atoms with van der Waals surface area (Å²) in [5.41, 5.74) is 3.35. The van der Waals surface area contributed by atoms with E-state index in [0.29, 0.717) is 5.56 Å². The summed E-state index contributed by atoms with van der Waals surface area (Å²) >= 11 is 6.20. The number of rotatable bonds is 6. The number of pyridine rings is 1. The lowest BCUT2D eigenvalue weighted by Crippen LogP contribution is -2.31. The average Bonchev–Trinajstić information content (AvgIpc) is 2.68. The van der Waals surface area contributed by atoms with Gasteiger partial charge in [0.25, 0.3) is 0 Å². The van der Waals surface area contributed by atoms with Crippen LogP contribution in [0.5, 0.6) is 0 Å². The number of carbonyl (C=O) groups is 1. The Kier molecular flexibility index (Phi) is 6.16. The third-order valence-electron chi connectivity index (χ3n) is 4.46. The molecule has 1 heterocycles. The van der Waals surface area contributed by atoms with E-state index in [1.165, 1.54) is 12.1 Å². The summed E-state index contributed by atoms with van der Waals surface area (Å²) in [6, 6.07) is 10.5. The molecule has 0 fully saturated rings. The highest BCUT2D eigenvalue weighted by Gasteiger charge is 2.20. The molecule has 3 rings (SSSR count). The van der Waals surface area contributed by atoms with E-state index in [9.17, 15) is 17.6 Å². The van der Waals surface area contributed by atoms with Crippen molar-refractivity contribution in [3.63, 3.8) is 0 Å². The average molecular weight is 437 g/mol. The normalized spacial score (nSPS) is 11.6. The Morgan fingerprint density at radius 3 is 2.66 bits per heavy atom. The van der Waals surface area contributed by atoms with E-state index in [0.717, 1.165) is 34.2 Å². The standard InChI is InChI=1S/C20H18ClFN2O4S/c1-12-7-8-14-9-15(20(21)24-19(14)13(12)2)11-28-18(25)10-23-29(26,27)17-6-4-3-5-16(17)22/h3-9,23H,10-11H2,1-2H3.